The average molecular weight is 308 g/mol. The number of nitrogens with zero attached hydrogens (tertiary/aromatic N) is 1. The average Bonchev–Trinajstić information content (AvgIpc) is 3.05. The Labute approximate surface area is 133 Å². The number of hydrogen-bond acceptors (Lipinski definition) is 4. The molecule has 1 aromatic heterocycles. The van der Waals surface area contributed by atoms with Gasteiger partial charge in [0.1, 0.15) is 11.3 Å². The number of amides is 1. The van der Waals surface area contributed by atoms with Crippen LogP contribution >= 0.6 is 0 Å². The fraction of sp³-hybridized carbons (Fsp3) is 0.111. The Hall–Kier alpha value is -3.08. The minimum atomic E-state index is -0.297. The lowest BCUT2D eigenvalue weighted by Crippen LogP contribution is -2.13. The van der Waals surface area contributed by atoms with Gasteiger partial charge in [0.05, 0.1) is 19.0 Å². The Morgan fingerprint density at radius 1 is 1.17 bits per heavy atom. The largest absolute Gasteiger partial charge is 0.495 e. The molecule has 0 aliphatic rings. The Kier molecular flexibility index (Phi) is 4.10. The van der Waals surface area contributed by atoms with Gasteiger partial charge in [-0.05, 0) is 24.6 Å². The van der Waals surface area contributed by atoms with Crippen molar-refractivity contribution in [3.05, 3.63) is 65.9 Å². The van der Waals surface area contributed by atoms with Crippen molar-refractivity contribution >= 4 is 11.6 Å². The molecule has 1 heterocycles. The first-order valence-electron chi connectivity index (χ1n) is 7.15. The van der Waals surface area contributed by atoms with E-state index in [4.69, 9.17) is 9.26 Å². The molecule has 0 aliphatic carbocycles. The van der Waals surface area contributed by atoms with E-state index < -0.39 is 0 Å². The van der Waals surface area contributed by atoms with Gasteiger partial charge < -0.3 is 14.6 Å². The highest BCUT2D eigenvalue weighted by Crippen LogP contribution is 2.28. The molecule has 0 aliphatic heterocycles. The molecule has 3 aromatic rings. The summed E-state index contributed by atoms with van der Waals surface area (Å²) in [4.78, 5) is 12.6. The Bertz CT molecular complexity index is 825. The zero-order valence-electron chi connectivity index (χ0n) is 12.9. The van der Waals surface area contributed by atoms with Crippen LogP contribution in [-0.2, 0) is 0 Å². The van der Waals surface area contributed by atoms with E-state index in [1.807, 2.05) is 55.5 Å². The van der Waals surface area contributed by atoms with Gasteiger partial charge in [-0.3, -0.25) is 4.79 Å². The maximum absolute atomic E-state index is 12.6. The van der Waals surface area contributed by atoms with E-state index in [0.717, 1.165) is 11.1 Å². The number of carbonyl (C=O) groups excluding carboxylic acids is 1. The molecule has 0 unspecified atom stereocenters. The Morgan fingerprint density at radius 3 is 2.70 bits per heavy atom. The molecule has 1 N–H and O–H groups in total. The highest BCUT2D eigenvalue weighted by atomic mass is 16.5. The van der Waals surface area contributed by atoms with Crippen molar-refractivity contribution in [1.82, 2.24) is 5.16 Å². The van der Waals surface area contributed by atoms with Crippen LogP contribution < -0.4 is 10.1 Å². The summed E-state index contributed by atoms with van der Waals surface area (Å²) in [7, 11) is 1.56. The number of aryl methyl sites for hydroxylation is 1. The number of hydrogen-bond donors (Lipinski definition) is 1. The van der Waals surface area contributed by atoms with Crippen LogP contribution in [0.3, 0.4) is 0 Å². The van der Waals surface area contributed by atoms with Crippen molar-refractivity contribution in [3.8, 4) is 17.1 Å². The first-order chi connectivity index (χ1) is 11.2. The van der Waals surface area contributed by atoms with E-state index >= 15 is 0 Å². The molecule has 23 heavy (non-hydrogen) atoms. The lowest BCUT2D eigenvalue weighted by molar-refractivity contribution is 0.102. The maximum Gasteiger partial charge on any atom is 0.261 e. The number of anilines is 1. The highest BCUT2D eigenvalue weighted by Gasteiger charge is 2.19. The molecule has 0 bridgehead atoms. The molecular formula is C18H16N2O3. The number of nitrogens with one attached hydrogen (secondary N) is 1. The first-order valence-corrected chi connectivity index (χ1v) is 7.15. The van der Waals surface area contributed by atoms with Crippen molar-refractivity contribution < 1.29 is 14.1 Å². The predicted octanol–water partition coefficient (Wildman–Crippen LogP) is 3.91. The molecule has 0 saturated carbocycles. The normalized spacial score (nSPS) is 10.3. The topological polar surface area (TPSA) is 64.4 Å². The summed E-state index contributed by atoms with van der Waals surface area (Å²) < 4.78 is 10.5. The van der Waals surface area contributed by atoms with Gasteiger partial charge in [0.15, 0.2) is 5.76 Å². The summed E-state index contributed by atoms with van der Waals surface area (Å²) in [5, 5.41) is 6.61. The molecular weight excluding hydrogens is 292 g/mol. The maximum atomic E-state index is 12.6. The molecule has 0 radical (unpaired) electrons. The summed E-state index contributed by atoms with van der Waals surface area (Å²) in [5.74, 6) is 0.741. The molecule has 2 aromatic carbocycles. The van der Waals surface area contributed by atoms with Crippen molar-refractivity contribution in [2.24, 2.45) is 0 Å². The molecule has 5 heteroatoms. The molecule has 0 spiro atoms. The number of rotatable bonds is 4. The second-order valence-electron chi connectivity index (χ2n) is 5.09. The third-order valence-corrected chi connectivity index (χ3v) is 3.45. The van der Waals surface area contributed by atoms with Crippen molar-refractivity contribution in [1.29, 1.82) is 0 Å². The van der Waals surface area contributed by atoms with Crippen LogP contribution in [0.2, 0.25) is 0 Å². The van der Waals surface area contributed by atoms with E-state index in [-0.39, 0.29) is 5.91 Å². The molecule has 116 valence electrons. The van der Waals surface area contributed by atoms with Gasteiger partial charge in [0.25, 0.3) is 5.91 Å². The molecule has 0 fully saturated rings. The highest BCUT2D eigenvalue weighted by molar-refractivity contribution is 6.08. The number of carbonyl (C=O) groups is 1. The minimum Gasteiger partial charge on any atom is -0.495 e. The van der Waals surface area contributed by atoms with Crippen molar-refractivity contribution in [3.63, 3.8) is 0 Å². The fourth-order valence-electron chi connectivity index (χ4n) is 2.31. The van der Waals surface area contributed by atoms with Crippen LogP contribution in [0.25, 0.3) is 11.3 Å². The van der Waals surface area contributed by atoms with E-state index in [1.54, 1.807) is 7.11 Å². The zero-order valence-corrected chi connectivity index (χ0v) is 12.9. The van der Waals surface area contributed by atoms with Crippen LogP contribution in [-0.4, -0.2) is 18.2 Å². The van der Waals surface area contributed by atoms with Crippen LogP contribution in [0.5, 0.6) is 5.75 Å². The standard InChI is InChI=1S/C18H16N2O3/c1-12-8-9-16(22-2)15(10-12)20-18(21)14-11-19-23-17(14)13-6-4-3-5-7-13/h3-11H,1-2H3,(H,20,21). The fourth-order valence-corrected chi connectivity index (χ4v) is 2.31. The smallest absolute Gasteiger partial charge is 0.261 e. The van der Waals surface area contributed by atoms with Crippen molar-refractivity contribution in [2.45, 2.75) is 6.92 Å². The SMILES string of the molecule is COc1ccc(C)cc1NC(=O)c1cnoc1-c1ccccc1. The summed E-state index contributed by atoms with van der Waals surface area (Å²) in [5.41, 5.74) is 2.80. The predicted molar refractivity (Wildman–Crippen MR) is 87.6 cm³/mol. The summed E-state index contributed by atoms with van der Waals surface area (Å²) in [6, 6.07) is 15.0. The van der Waals surface area contributed by atoms with E-state index in [1.165, 1.54) is 6.20 Å². The summed E-state index contributed by atoms with van der Waals surface area (Å²) >= 11 is 0. The molecule has 3 rings (SSSR count). The van der Waals surface area contributed by atoms with Crippen LogP contribution in [0, 0.1) is 6.92 Å². The monoisotopic (exact) mass is 308 g/mol. The Morgan fingerprint density at radius 2 is 1.96 bits per heavy atom. The van der Waals surface area contributed by atoms with Gasteiger partial charge in [-0.2, -0.15) is 0 Å². The summed E-state index contributed by atoms with van der Waals surface area (Å²) in [6.45, 7) is 1.95. The second-order valence-corrected chi connectivity index (χ2v) is 5.09. The number of benzene rings is 2. The first kappa shape index (κ1) is 14.8. The zero-order chi connectivity index (χ0) is 16.2. The van der Waals surface area contributed by atoms with Crippen LogP contribution in [0.4, 0.5) is 5.69 Å². The third kappa shape index (κ3) is 3.08. The third-order valence-electron chi connectivity index (χ3n) is 3.45. The Balaban J connectivity index is 1.91. The van der Waals surface area contributed by atoms with E-state index in [2.05, 4.69) is 10.5 Å². The summed E-state index contributed by atoms with van der Waals surface area (Å²) in [6.07, 6.45) is 1.42. The van der Waals surface area contributed by atoms with E-state index in [0.29, 0.717) is 22.8 Å². The molecule has 1 amide bonds. The van der Waals surface area contributed by atoms with Crippen LogP contribution in [0.1, 0.15) is 15.9 Å². The molecule has 5 nitrogen and oxygen atoms in total. The van der Waals surface area contributed by atoms with Gasteiger partial charge in [-0.25, -0.2) is 0 Å². The molecule has 0 saturated heterocycles. The second kappa shape index (κ2) is 6.36. The van der Waals surface area contributed by atoms with Gasteiger partial charge in [0, 0.05) is 5.56 Å². The number of methoxy groups -OCH3 is 1. The number of ether oxygens (including phenoxy) is 1. The van der Waals surface area contributed by atoms with Gasteiger partial charge in [-0.15, -0.1) is 0 Å². The van der Waals surface area contributed by atoms with Crippen molar-refractivity contribution in [2.75, 3.05) is 12.4 Å². The molecule has 0 atom stereocenters. The lowest BCUT2D eigenvalue weighted by Gasteiger charge is -2.10. The minimum absolute atomic E-state index is 0.297. The van der Waals surface area contributed by atoms with Gasteiger partial charge in [0.2, 0.25) is 0 Å². The van der Waals surface area contributed by atoms with Gasteiger partial charge in [-0.1, -0.05) is 41.6 Å². The quantitative estimate of drug-likeness (QED) is 0.793. The van der Waals surface area contributed by atoms with Gasteiger partial charge >= 0.3 is 0 Å². The van der Waals surface area contributed by atoms with E-state index in [9.17, 15) is 4.79 Å². The van der Waals surface area contributed by atoms with Crippen LogP contribution in [0.15, 0.2) is 59.3 Å². The number of aromatic nitrogens is 1. The lowest BCUT2D eigenvalue weighted by atomic mass is 10.1.